The van der Waals surface area contributed by atoms with Crippen molar-refractivity contribution in [2.24, 2.45) is 60.8 Å². The van der Waals surface area contributed by atoms with Gasteiger partial charge in [0.05, 0.1) is 6.04 Å². The number of nitrogens with two attached hydrogens (primary N) is 8. The molecular weight excluding hydrogens is 821 g/mol. The van der Waals surface area contributed by atoms with Crippen molar-refractivity contribution < 1.29 is 39.0 Å². The average molecular weight is 883 g/mol. The maximum atomic E-state index is 13.9. The zero-order valence-electron chi connectivity index (χ0n) is 35.2. The third-order valence-electron chi connectivity index (χ3n) is 9.26. The Morgan fingerprint density at radius 3 is 1.27 bits per heavy atom. The molecule has 346 valence electrons. The quantitative estimate of drug-likeness (QED) is 0.0228. The molecule has 0 heterocycles. The third-order valence-corrected chi connectivity index (χ3v) is 9.26. The molecule has 23 N–H and O–H groups in total. The fraction of sp³-hybridized carbons (Fsp3) is 0.462. The van der Waals surface area contributed by atoms with E-state index in [0.717, 1.165) is 0 Å². The van der Waals surface area contributed by atoms with Crippen LogP contribution >= 0.6 is 0 Å². The first kappa shape index (κ1) is 51.8. The molecule has 2 aromatic carbocycles. The van der Waals surface area contributed by atoms with E-state index >= 15 is 0 Å². The van der Waals surface area contributed by atoms with Gasteiger partial charge >= 0.3 is 0 Å². The number of carbonyl (C=O) groups excluding carboxylic acids is 6. The lowest BCUT2D eigenvalue weighted by Gasteiger charge is -2.26. The number of phenols is 2. The van der Waals surface area contributed by atoms with Gasteiger partial charge in [-0.15, -0.1) is 0 Å². The van der Waals surface area contributed by atoms with Crippen LogP contribution in [0.25, 0.3) is 0 Å². The molecule has 24 nitrogen and oxygen atoms in total. The minimum Gasteiger partial charge on any atom is -0.508 e. The number of amides is 6. The predicted molar refractivity (Wildman–Crippen MR) is 236 cm³/mol. The van der Waals surface area contributed by atoms with Gasteiger partial charge in [0.1, 0.15) is 41.7 Å². The lowest BCUT2D eigenvalue weighted by Crippen LogP contribution is -2.59. The first-order chi connectivity index (χ1) is 29.7. The van der Waals surface area contributed by atoms with Gasteiger partial charge in [-0.3, -0.25) is 43.7 Å². The molecule has 0 aliphatic carbocycles. The lowest BCUT2D eigenvalue weighted by molar-refractivity contribution is -0.135. The fourth-order valence-electron chi connectivity index (χ4n) is 5.86. The number of hydrogen-bond donors (Lipinski definition) is 15. The van der Waals surface area contributed by atoms with Gasteiger partial charge in [-0.2, -0.15) is 0 Å². The van der Waals surface area contributed by atoms with Gasteiger partial charge in [-0.1, -0.05) is 24.3 Å². The summed E-state index contributed by atoms with van der Waals surface area (Å²) in [7, 11) is 0. The van der Waals surface area contributed by atoms with Gasteiger partial charge in [-0.25, -0.2) is 0 Å². The molecule has 0 aromatic heterocycles. The number of aliphatic imine (C=N–C) groups is 3. The zero-order chi connectivity index (χ0) is 47.1. The number of benzene rings is 2. The van der Waals surface area contributed by atoms with Crippen LogP contribution in [0.1, 0.15) is 56.6 Å². The van der Waals surface area contributed by atoms with E-state index in [4.69, 9.17) is 45.9 Å². The summed E-state index contributed by atoms with van der Waals surface area (Å²) in [6.07, 6.45) is 0.819. The summed E-state index contributed by atoms with van der Waals surface area (Å²) < 4.78 is 0. The standard InChI is InChI=1S/C39H62N16O8/c1-21(32(59)52-28(7-4-18-50-39(46)47)35(62)54-29(31(41)58)19-22-8-12-24(56)13-9-22)51-34(61)27(6-3-17-49-38(44)45)53-36(63)30(20-23-10-14-25(57)15-11-23)55-33(60)26(40)5-2-16-48-37(42)43/h8-15,21,26-30,56-57H,2-7,16-20,40H2,1H3,(H2,41,58)(H,51,61)(H,52,59)(H,53,63)(H,54,62)(H,55,60)(H4,42,43,48)(H4,44,45,49)(H4,46,47,50)/t21-,26-,27-,28-,29-,30-/m0/s1. The highest BCUT2D eigenvalue weighted by Gasteiger charge is 2.31. The van der Waals surface area contributed by atoms with Gasteiger partial charge in [0, 0.05) is 32.5 Å². The molecule has 6 atom stereocenters. The van der Waals surface area contributed by atoms with Crippen LogP contribution in [0.2, 0.25) is 0 Å². The molecule has 2 aromatic rings. The van der Waals surface area contributed by atoms with Crippen LogP contribution in [-0.4, -0.2) is 119 Å². The summed E-state index contributed by atoms with van der Waals surface area (Å²) >= 11 is 0. The van der Waals surface area contributed by atoms with E-state index in [-0.39, 0.29) is 94.0 Å². The molecule has 0 saturated heterocycles. The summed E-state index contributed by atoms with van der Waals surface area (Å²) in [4.78, 5) is 92.2. The Hall–Kier alpha value is -7.37. The van der Waals surface area contributed by atoms with Gasteiger partial charge in [-0.05, 0) is 80.8 Å². The van der Waals surface area contributed by atoms with E-state index in [1.807, 2.05) is 0 Å². The lowest BCUT2D eigenvalue weighted by atomic mass is 10.0. The number of hydrogen-bond acceptors (Lipinski definition) is 12. The van der Waals surface area contributed by atoms with Gasteiger partial charge in [0.2, 0.25) is 35.4 Å². The molecule has 6 amide bonds. The van der Waals surface area contributed by atoms with E-state index in [1.165, 1.54) is 31.2 Å². The van der Waals surface area contributed by atoms with Crippen LogP contribution in [0.4, 0.5) is 0 Å². The fourth-order valence-corrected chi connectivity index (χ4v) is 5.86. The van der Waals surface area contributed by atoms with Gasteiger partial charge in [0.15, 0.2) is 17.9 Å². The molecule has 24 heteroatoms. The topological polar surface area (TPSA) is 448 Å². The van der Waals surface area contributed by atoms with Crippen molar-refractivity contribution in [3.05, 3.63) is 59.7 Å². The molecule has 63 heavy (non-hydrogen) atoms. The Kier molecular flexibility index (Phi) is 22.0. The van der Waals surface area contributed by atoms with E-state index in [9.17, 15) is 39.0 Å². The van der Waals surface area contributed by atoms with Crippen molar-refractivity contribution in [2.45, 2.75) is 94.5 Å². The average Bonchev–Trinajstić information content (AvgIpc) is 3.21. The molecule has 0 bridgehead atoms. The molecule has 0 aliphatic heterocycles. The summed E-state index contributed by atoms with van der Waals surface area (Å²) in [6.45, 7) is 1.75. The molecule has 0 radical (unpaired) electrons. The Morgan fingerprint density at radius 2 is 0.841 bits per heavy atom. The van der Waals surface area contributed by atoms with Crippen molar-refractivity contribution in [2.75, 3.05) is 19.6 Å². The SMILES string of the molecule is C[C@H](NC(=O)[C@H](CCCN=C(N)N)NC(=O)[C@H](Cc1ccc(O)cc1)NC(=O)[C@@H](N)CCCN=C(N)N)C(=O)N[C@@H](CCCN=C(N)N)C(=O)N[C@@H](Cc1ccc(O)cc1)C(N)=O. The van der Waals surface area contributed by atoms with Crippen molar-refractivity contribution in [3.8, 4) is 11.5 Å². The van der Waals surface area contributed by atoms with Crippen LogP contribution in [0.5, 0.6) is 11.5 Å². The maximum Gasteiger partial charge on any atom is 0.243 e. The predicted octanol–water partition coefficient (Wildman–Crippen LogP) is -4.70. The summed E-state index contributed by atoms with van der Waals surface area (Å²) in [6, 6.07) is 4.45. The molecular formula is C39H62N16O8. The number of guanidine groups is 3. The van der Waals surface area contributed by atoms with Crippen molar-refractivity contribution in [1.82, 2.24) is 26.6 Å². The number of nitrogens with zero attached hydrogens (tertiary/aromatic N) is 3. The van der Waals surface area contributed by atoms with E-state index < -0.39 is 71.7 Å². The normalized spacial score (nSPS) is 13.6. The van der Waals surface area contributed by atoms with Crippen molar-refractivity contribution in [3.63, 3.8) is 0 Å². The highest BCUT2D eigenvalue weighted by molar-refractivity contribution is 5.96. The van der Waals surface area contributed by atoms with E-state index in [0.29, 0.717) is 17.5 Å². The van der Waals surface area contributed by atoms with Crippen LogP contribution in [0.3, 0.4) is 0 Å². The Balaban J connectivity index is 2.30. The summed E-state index contributed by atoms with van der Waals surface area (Å²) in [5.41, 5.74) is 45.3. The molecule has 0 unspecified atom stereocenters. The summed E-state index contributed by atoms with van der Waals surface area (Å²) in [5.74, 6) is -5.23. The Labute approximate surface area is 364 Å². The zero-order valence-corrected chi connectivity index (χ0v) is 35.2. The van der Waals surface area contributed by atoms with Crippen LogP contribution in [0.15, 0.2) is 63.5 Å². The number of aromatic hydroxyl groups is 2. The highest BCUT2D eigenvalue weighted by atomic mass is 16.3. The van der Waals surface area contributed by atoms with Crippen LogP contribution in [0, 0.1) is 0 Å². The van der Waals surface area contributed by atoms with Crippen LogP contribution in [-0.2, 0) is 41.6 Å². The summed E-state index contributed by atoms with van der Waals surface area (Å²) in [5, 5.41) is 32.4. The highest BCUT2D eigenvalue weighted by Crippen LogP contribution is 2.14. The largest absolute Gasteiger partial charge is 0.508 e. The third kappa shape index (κ3) is 20.6. The number of rotatable bonds is 27. The van der Waals surface area contributed by atoms with E-state index in [2.05, 4.69) is 41.6 Å². The molecule has 2 rings (SSSR count). The first-order valence-corrected chi connectivity index (χ1v) is 20.0. The Morgan fingerprint density at radius 1 is 0.492 bits per heavy atom. The van der Waals surface area contributed by atoms with Gasteiger partial charge < -0.3 is 82.7 Å². The monoisotopic (exact) mass is 882 g/mol. The Bertz CT molecular complexity index is 1920. The smallest absolute Gasteiger partial charge is 0.243 e. The number of phenolic OH excluding ortho intramolecular Hbond substituents is 2. The second-order valence-corrected chi connectivity index (χ2v) is 14.6. The van der Waals surface area contributed by atoms with Crippen molar-refractivity contribution in [1.29, 1.82) is 0 Å². The van der Waals surface area contributed by atoms with Gasteiger partial charge in [0.25, 0.3) is 0 Å². The minimum atomic E-state index is -1.30. The number of nitrogens with one attached hydrogen (secondary N) is 5. The first-order valence-electron chi connectivity index (χ1n) is 20.0. The van der Waals surface area contributed by atoms with Crippen molar-refractivity contribution >= 4 is 53.3 Å². The maximum absolute atomic E-state index is 13.9. The molecule has 0 fully saturated rings. The molecule has 0 aliphatic rings. The minimum absolute atomic E-state index is 0.00273. The number of carbonyl (C=O) groups is 6. The second kappa shape index (κ2) is 26.8. The number of primary amides is 1. The van der Waals surface area contributed by atoms with E-state index in [1.54, 1.807) is 24.3 Å². The molecule has 0 saturated carbocycles. The second-order valence-electron chi connectivity index (χ2n) is 14.6. The molecule has 0 spiro atoms. The van der Waals surface area contributed by atoms with Crippen LogP contribution < -0.4 is 72.5 Å².